The van der Waals surface area contributed by atoms with Crippen molar-refractivity contribution in [3.05, 3.63) is 29.3 Å². The van der Waals surface area contributed by atoms with Crippen molar-refractivity contribution in [2.24, 2.45) is 5.73 Å². The predicted molar refractivity (Wildman–Crippen MR) is 67.6 cm³/mol. The normalized spacial score (nSPS) is 11.9. The predicted octanol–water partition coefficient (Wildman–Crippen LogP) is 1.84. The van der Waals surface area contributed by atoms with Crippen molar-refractivity contribution in [3.8, 4) is 0 Å². The summed E-state index contributed by atoms with van der Waals surface area (Å²) in [5, 5.41) is 11.9. The number of carbonyl (C=O) groups is 1. The van der Waals surface area contributed by atoms with Crippen molar-refractivity contribution in [3.63, 3.8) is 0 Å². The van der Waals surface area contributed by atoms with Gasteiger partial charge in [-0.3, -0.25) is 4.79 Å². The van der Waals surface area contributed by atoms with E-state index in [-0.39, 0.29) is 5.11 Å². The van der Waals surface area contributed by atoms with E-state index in [0.717, 1.165) is 16.8 Å². The van der Waals surface area contributed by atoms with Gasteiger partial charge in [-0.15, -0.1) is 0 Å². The Hall–Kier alpha value is -1.62. The van der Waals surface area contributed by atoms with Crippen LogP contribution >= 0.6 is 12.2 Å². The van der Waals surface area contributed by atoms with E-state index in [2.05, 4.69) is 5.32 Å². The first-order chi connectivity index (χ1) is 7.41. The molecule has 0 aliphatic rings. The number of aliphatic carboxylic acids is 1. The molecule has 0 spiro atoms. The van der Waals surface area contributed by atoms with Crippen LogP contribution in [0.25, 0.3) is 0 Å². The van der Waals surface area contributed by atoms with Crippen molar-refractivity contribution < 1.29 is 9.90 Å². The van der Waals surface area contributed by atoms with Gasteiger partial charge in [0.15, 0.2) is 5.11 Å². The Labute approximate surface area is 99.5 Å². The van der Waals surface area contributed by atoms with Crippen LogP contribution in [0.4, 0.5) is 5.69 Å². The first kappa shape index (κ1) is 12.4. The van der Waals surface area contributed by atoms with Gasteiger partial charge in [0.1, 0.15) is 0 Å². The van der Waals surface area contributed by atoms with E-state index >= 15 is 0 Å². The van der Waals surface area contributed by atoms with E-state index in [1.54, 1.807) is 19.1 Å². The maximum absolute atomic E-state index is 10.8. The monoisotopic (exact) mass is 238 g/mol. The second kappa shape index (κ2) is 4.94. The lowest BCUT2D eigenvalue weighted by Crippen LogP contribution is -2.19. The molecule has 1 atom stereocenters. The largest absolute Gasteiger partial charge is 0.481 e. The summed E-state index contributed by atoms with van der Waals surface area (Å²) >= 11 is 4.74. The van der Waals surface area contributed by atoms with Gasteiger partial charge in [0.05, 0.1) is 5.92 Å². The number of hydrogen-bond donors (Lipinski definition) is 3. The molecule has 1 unspecified atom stereocenters. The number of carboxylic acids is 1. The highest BCUT2D eigenvalue weighted by Crippen LogP contribution is 2.22. The maximum Gasteiger partial charge on any atom is 0.310 e. The van der Waals surface area contributed by atoms with Crippen molar-refractivity contribution in [2.75, 3.05) is 5.32 Å². The minimum absolute atomic E-state index is 0.196. The zero-order chi connectivity index (χ0) is 12.3. The molecule has 0 saturated heterocycles. The Kier molecular flexibility index (Phi) is 3.84. The van der Waals surface area contributed by atoms with Gasteiger partial charge in [0.2, 0.25) is 0 Å². The first-order valence-electron chi connectivity index (χ1n) is 4.81. The van der Waals surface area contributed by atoms with Crippen molar-refractivity contribution in [1.82, 2.24) is 0 Å². The fraction of sp³-hybridized carbons (Fsp3) is 0.273. The Bertz CT molecular complexity index is 432. The average Bonchev–Trinajstić information content (AvgIpc) is 2.19. The fourth-order valence-electron chi connectivity index (χ4n) is 1.37. The SMILES string of the molecule is Cc1cc(C(C)C(=O)O)ccc1NC(N)=S. The van der Waals surface area contributed by atoms with Crippen LogP contribution in [0.5, 0.6) is 0 Å². The Morgan fingerprint density at radius 1 is 1.56 bits per heavy atom. The lowest BCUT2D eigenvalue weighted by Gasteiger charge is -2.12. The van der Waals surface area contributed by atoms with Crippen LogP contribution in [-0.4, -0.2) is 16.2 Å². The molecule has 1 aromatic carbocycles. The average molecular weight is 238 g/mol. The molecule has 0 bridgehead atoms. The lowest BCUT2D eigenvalue weighted by atomic mass is 9.99. The molecule has 0 heterocycles. The van der Waals surface area contributed by atoms with Gasteiger partial charge in [-0.25, -0.2) is 0 Å². The van der Waals surface area contributed by atoms with Gasteiger partial charge >= 0.3 is 5.97 Å². The number of benzene rings is 1. The van der Waals surface area contributed by atoms with E-state index in [4.69, 9.17) is 23.1 Å². The molecule has 86 valence electrons. The molecular weight excluding hydrogens is 224 g/mol. The number of thiocarbonyl (C=S) groups is 1. The third kappa shape index (κ3) is 2.93. The summed E-state index contributed by atoms with van der Waals surface area (Å²) in [4.78, 5) is 10.8. The molecule has 16 heavy (non-hydrogen) atoms. The molecule has 1 aromatic rings. The summed E-state index contributed by atoms with van der Waals surface area (Å²) in [5.74, 6) is -1.35. The molecule has 0 aromatic heterocycles. The molecule has 0 aliphatic carbocycles. The van der Waals surface area contributed by atoms with Crippen LogP contribution in [0, 0.1) is 6.92 Å². The summed E-state index contributed by atoms with van der Waals surface area (Å²) in [6, 6.07) is 5.36. The van der Waals surface area contributed by atoms with Crippen LogP contribution in [-0.2, 0) is 4.79 Å². The highest BCUT2D eigenvalue weighted by molar-refractivity contribution is 7.80. The molecule has 0 saturated carbocycles. The number of carboxylic acid groups (broad SMARTS) is 1. The minimum Gasteiger partial charge on any atom is -0.481 e. The Morgan fingerprint density at radius 2 is 2.19 bits per heavy atom. The molecule has 0 fully saturated rings. The molecule has 4 nitrogen and oxygen atoms in total. The third-order valence-corrected chi connectivity index (χ3v) is 2.48. The first-order valence-corrected chi connectivity index (χ1v) is 5.22. The van der Waals surface area contributed by atoms with Crippen LogP contribution in [0.1, 0.15) is 24.0 Å². The molecule has 0 amide bonds. The van der Waals surface area contributed by atoms with Gasteiger partial charge in [0.25, 0.3) is 0 Å². The van der Waals surface area contributed by atoms with Gasteiger partial charge in [-0.1, -0.05) is 12.1 Å². The number of nitrogens with two attached hydrogens (primary N) is 1. The lowest BCUT2D eigenvalue weighted by molar-refractivity contribution is -0.138. The van der Waals surface area contributed by atoms with Crippen molar-refractivity contribution in [1.29, 1.82) is 0 Å². The number of nitrogens with one attached hydrogen (secondary N) is 1. The topological polar surface area (TPSA) is 75.3 Å². The second-order valence-electron chi connectivity index (χ2n) is 3.62. The quantitative estimate of drug-likeness (QED) is 0.700. The number of anilines is 1. The summed E-state index contributed by atoms with van der Waals surface area (Å²) in [6.07, 6.45) is 0. The highest BCUT2D eigenvalue weighted by Gasteiger charge is 2.14. The number of hydrogen-bond acceptors (Lipinski definition) is 2. The van der Waals surface area contributed by atoms with Crippen LogP contribution in [0.2, 0.25) is 0 Å². The van der Waals surface area contributed by atoms with E-state index in [9.17, 15) is 4.79 Å². The highest BCUT2D eigenvalue weighted by atomic mass is 32.1. The van der Waals surface area contributed by atoms with Crippen LogP contribution in [0.3, 0.4) is 0 Å². The standard InChI is InChI=1S/C11H14N2O2S/c1-6-5-8(7(2)10(14)15)3-4-9(6)13-11(12)16/h3-5,7H,1-2H3,(H,14,15)(H3,12,13,16). The Balaban J connectivity index is 2.99. The molecule has 0 radical (unpaired) electrons. The van der Waals surface area contributed by atoms with Crippen LogP contribution in [0.15, 0.2) is 18.2 Å². The van der Waals surface area contributed by atoms with Crippen LogP contribution < -0.4 is 11.1 Å². The zero-order valence-corrected chi connectivity index (χ0v) is 9.97. The number of aryl methyl sites for hydroxylation is 1. The van der Waals surface area contributed by atoms with E-state index in [0.29, 0.717) is 0 Å². The van der Waals surface area contributed by atoms with Crippen molar-refractivity contribution >= 4 is 29.0 Å². The van der Waals surface area contributed by atoms with E-state index in [1.807, 2.05) is 13.0 Å². The summed E-state index contributed by atoms with van der Waals surface area (Å²) in [7, 11) is 0. The summed E-state index contributed by atoms with van der Waals surface area (Å²) in [6.45, 7) is 3.52. The fourth-order valence-corrected chi connectivity index (χ4v) is 1.48. The van der Waals surface area contributed by atoms with Gasteiger partial charge in [-0.05, 0) is 43.3 Å². The molecule has 5 heteroatoms. The molecule has 1 rings (SSSR count). The zero-order valence-electron chi connectivity index (χ0n) is 9.15. The van der Waals surface area contributed by atoms with Gasteiger partial charge in [0, 0.05) is 5.69 Å². The summed E-state index contributed by atoms with van der Waals surface area (Å²) < 4.78 is 0. The van der Waals surface area contributed by atoms with E-state index < -0.39 is 11.9 Å². The smallest absolute Gasteiger partial charge is 0.310 e. The molecular formula is C11H14N2O2S. The maximum atomic E-state index is 10.8. The molecule has 4 N–H and O–H groups in total. The Morgan fingerprint density at radius 3 is 2.62 bits per heavy atom. The van der Waals surface area contributed by atoms with Gasteiger partial charge in [-0.2, -0.15) is 0 Å². The minimum atomic E-state index is -0.838. The number of rotatable bonds is 3. The van der Waals surface area contributed by atoms with E-state index in [1.165, 1.54) is 0 Å². The second-order valence-corrected chi connectivity index (χ2v) is 4.06. The van der Waals surface area contributed by atoms with Gasteiger partial charge < -0.3 is 16.2 Å². The summed E-state index contributed by atoms with van der Waals surface area (Å²) in [5.41, 5.74) is 7.84. The third-order valence-electron chi connectivity index (χ3n) is 2.38. The van der Waals surface area contributed by atoms with Crippen molar-refractivity contribution in [2.45, 2.75) is 19.8 Å². The molecule has 0 aliphatic heterocycles.